The van der Waals surface area contributed by atoms with Crippen LogP contribution in [0, 0.1) is 6.92 Å². The Bertz CT molecular complexity index is 292. The molecule has 2 nitrogen and oxygen atoms in total. The van der Waals surface area contributed by atoms with E-state index in [0.717, 1.165) is 17.6 Å². The van der Waals surface area contributed by atoms with E-state index in [-0.39, 0.29) is 0 Å². The van der Waals surface area contributed by atoms with Gasteiger partial charge >= 0.3 is 0 Å². The van der Waals surface area contributed by atoms with Crippen molar-refractivity contribution in [1.29, 1.82) is 0 Å². The molecule has 0 saturated carbocycles. The Morgan fingerprint density at radius 2 is 2.07 bits per heavy atom. The van der Waals surface area contributed by atoms with Gasteiger partial charge in [-0.15, -0.1) is 0 Å². The normalized spacial score (nSPS) is 12.8. The molecule has 0 aliphatic heterocycles. The van der Waals surface area contributed by atoms with Crippen molar-refractivity contribution in [3.05, 3.63) is 33.8 Å². The van der Waals surface area contributed by atoms with Crippen LogP contribution < -0.4 is 10.6 Å². The molecule has 0 spiro atoms. The lowest BCUT2D eigenvalue weighted by Gasteiger charge is -2.13. The van der Waals surface area contributed by atoms with Gasteiger partial charge < -0.3 is 10.6 Å². The van der Waals surface area contributed by atoms with Crippen LogP contribution in [-0.4, -0.2) is 19.6 Å². The number of rotatable bonds is 5. The Morgan fingerprint density at radius 3 is 2.67 bits per heavy atom. The van der Waals surface area contributed by atoms with Crippen LogP contribution in [0.3, 0.4) is 0 Å². The Labute approximate surface area is 101 Å². The largest absolute Gasteiger partial charge is 0.318 e. The minimum absolute atomic E-state index is 0.495. The minimum Gasteiger partial charge on any atom is -0.318 e. The van der Waals surface area contributed by atoms with E-state index in [0.29, 0.717) is 6.04 Å². The lowest BCUT2D eigenvalue weighted by Crippen LogP contribution is -2.34. The fourth-order valence-corrected chi connectivity index (χ4v) is 2.24. The second-order valence-corrected chi connectivity index (χ2v) is 4.89. The first-order valence-corrected chi connectivity index (χ1v) is 6.05. The van der Waals surface area contributed by atoms with Gasteiger partial charge in [0, 0.05) is 23.6 Å². The van der Waals surface area contributed by atoms with Crippen LogP contribution in [0.2, 0.25) is 0 Å². The summed E-state index contributed by atoms with van der Waals surface area (Å²) in [6, 6.07) is 6.99. The fraction of sp³-hybridized carbons (Fsp3) is 0.500. The summed E-state index contributed by atoms with van der Waals surface area (Å²) in [4.78, 5) is 0. The molecule has 0 aliphatic rings. The molecule has 3 heteroatoms. The molecule has 1 unspecified atom stereocenters. The van der Waals surface area contributed by atoms with E-state index in [9.17, 15) is 0 Å². The van der Waals surface area contributed by atoms with Crippen LogP contribution in [0.1, 0.15) is 18.1 Å². The maximum absolute atomic E-state index is 3.51. The summed E-state index contributed by atoms with van der Waals surface area (Å²) >= 11 is 3.51. The molecule has 1 atom stereocenters. The predicted molar refractivity (Wildman–Crippen MR) is 69.1 cm³/mol. The number of aryl methyl sites for hydroxylation is 1. The van der Waals surface area contributed by atoms with Crippen molar-refractivity contribution in [2.75, 3.05) is 13.6 Å². The van der Waals surface area contributed by atoms with E-state index < -0.39 is 0 Å². The fourth-order valence-electron chi connectivity index (χ4n) is 1.58. The van der Waals surface area contributed by atoms with Crippen LogP contribution in [0.5, 0.6) is 0 Å². The van der Waals surface area contributed by atoms with Crippen molar-refractivity contribution in [2.24, 2.45) is 0 Å². The van der Waals surface area contributed by atoms with Crippen molar-refractivity contribution < 1.29 is 0 Å². The van der Waals surface area contributed by atoms with Crippen molar-refractivity contribution in [3.63, 3.8) is 0 Å². The number of hydrogen-bond donors (Lipinski definition) is 2. The monoisotopic (exact) mass is 270 g/mol. The van der Waals surface area contributed by atoms with Crippen molar-refractivity contribution in [1.82, 2.24) is 10.6 Å². The molecular formula is C12H19BrN2. The van der Waals surface area contributed by atoms with Gasteiger partial charge in [0.2, 0.25) is 0 Å². The van der Waals surface area contributed by atoms with Gasteiger partial charge in [0.1, 0.15) is 0 Å². The summed E-state index contributed by atoms with van der Waals surface area (Å²) in [5.74, 6) is 0. The van der Waals surface area contributed by atoms with E-state index in [1.165, 1.54) is 11.1 Å². The second kappa shape index (κ2) is 6.26. The lowest BCUT2D eigenvalue weighted by molar-refractivity contribution is 0.523. The van der Waals surface area contributed by atoms with Crippen LogP contribution in [0.4, 0.5) is 0 Å². The maximum atomic E-state index is 3.51. The van der Waals surface area contributed by atoms with E-state index in [4.69, 9.17) is 0 Å². The summed E-state index contributed by atoms with van der Waals surface area (Å²) in [5, 5.41) is 6.63. The number of halogens is 1. The zero-order chi connectivity index (χ0) is 11.3. The van der Waals surface area contributed by atoms with E-state index >= 15 is 0 Å². The molecule has 0 bridgehead atoms. The molecule has 0 heterocycles. The topological polar surface area (TPSA) is 24.1 Å². The average Bonchev–Trinajstić information content (AvgIpc) is 2.14. The summed E-state index contributed by atoms with van der Waals surface area (Å²) < 4.78 is 1.15. The van der Waals surface area contributed by atoms with Crippen LogP contribution in [-0.2, 0) is 6.54 Å². The quantitative estimate of drug-likeness (QED) is 0.859. The van der Waals surface area contributed by atoms with Crippen molar-refractivity contribution in [3.8, 4) is 0 Å². The Kier molecular flexibility index (Phi) is 5.29. The first kappa shape index (κ1) is 12.7. The minimum atomic E-state index is 0.495. The Hall–Kier alpha value is -0.380. The molecule has 1 aromatic rings. The second-order valence-electron chi connectivity index (χ2n) is 3.98. The molecule has 0 aromatic heterocycles. The molecular weight excluding hydrogens is 252 g/mol. The summed E-state index contributed by atoms with van der Waals surface area (Å²) in [5.41, 5.74) is 2.62. The third kappa shape index (κ3) is 4.78. The maximum Gasteiger partial charge on any atom is 0.0209 e. The molecule has 1 rings (SSSR count). The number of hydrogen-bond acceptors (Lipinski definition) is 2. The van der Waals surface area contributed by atoms with Crippen LogP contribution in [0.15, 0.2) is 22.7 Å². The molecule has 0 saturated heterocycles. The highest BCUT2D eigenvalue weighted by Gasteiger charge is 2.01. The third-order valence-electron chi connectivity index (χ3n) is 2.27. The van der Waals surface area contributed by atoms with Gasteiger partial charge in [-0.1, -0.05) is 22.0 Å². The van der Waals surface area contributed by atoms with Crippen molar-refractivity contribution in [2.45, 2.75) is 26.4 Å². The average molecular weight is 271 g/mol. The van der Waals surface area contributed by atoms with Gasteiger partial charge in [0.05, 0.1) is 0 Å². The molecule has 15 heavy (non-hydrogen) atoms. The van der Waals surface area contributed by atoms with E-state index in [1.807, 2.05) is 7.05 Å². The van der Waals surface area contributed by atoms with Crippen LogP contribution >= 0.6 is 15.9 Å². The molecule has 1 aromatic carbocycles. The van der Waals surface area contributed by atoms with Gasteiger partial charge in [-0.2, -0.15) is 0 Å². The molecule has 0 radical (unpaired) electrons. The van der Waals surface area contributed by atoms with Gasteiger partial charge in [0.25, 0.3) is 0 Å². The summed E-state index contributed by atoms with van der Waals surface area (Å²) in [7, 11) is 1.97. The highest BCUT2D eigenvalue weighted by atomic mass is 79.9. The molecule has 0 amide bonds. The smallest absolute Gasteiger partial charge is 0.0209 e. The lowest BCUT2D eigenvalue weighted by atomic mass is 10.1. The van der Waals surface area contributed by atoms with Crippen LogP contribution in [0.25, 0.3) is 0 Å². The van der Waals surface area contributed by atoms with E-state index in [2.05, 4.69) is 58.6 Å². The number of likely N-dealkylation sites (N-methyl/N-ethyl adjacent to an activating group) is 1. The summed E-state index contributed by atoms with van der Waals surface area (Å²) in [6.45, 7) is 6.21. The number of nitrogens with one attached hydrogen (secondary N) is 2. The molecule has 0 fully saturated rings. The highest BCUT2D eigenvalue weighted by Crippen LogP contribution is 2.15. The molecule has 84 valence electrons. The van der Waals surface area contributed by atoms with E-state index in [1.54, 1.807) is 0 Å². The molecule has 2 N–H and O–H groups in total. The zero-order valence-corrected chi connectivity index (χ0v) is 11.2. The Morgan fingerprint density at radius 1 is 1.33 bits per heavy atom. The third-order valence-corrected chi connectivity index (χ3v) is 2.72. The zero-order valence-electron chi connectivity index (χ0n) is 9.60. The first-order chi connectivity index (χ1) is 7.11. The van der Waals surface area contributed by atoms with Gasteiger partial charge in [-0.05, 0) is 44.2 Å². The first-order valence-electron chi connectivity index (χ1n) is 5.26. The van der Waals surface area contributed by atoms with Crippen molar-refractivity contribution >= 4 is 15.9 Å². The predicted octanol–water partition coefficient (Wildman–Crippen LogP) is 2.46. The SMILES string of the molecule is CNCC(C)NCc1cc(C)cc(Br)c1. The standard InChI is InChI=1S/C12H19BrN2/c1-9-4-11(6-12(13)5-9)8-15-10(2)7-14-3/h4-6,10,14-15H,7-8H2,1-3H3. The van der Waals surface area contributed by atoms with Gasteiger partial charge in [-0.3, -0.25) is 0 Å². The summed E-state index contributed by atoms with van der Waals surface area (Å²) in [6.07, 6.45) is 0. The number of benzene rings is 1. The Balaban J connectivity index is 2.50. The van der Waals surface area contributed by atoms with Gasteiger partial charge in [0.15, 0.2) is 0 Å². The van der Waals surface area contributed by atoms with Gasteiger partial charge in [-0.25, -0.2) is 0 Å². The molecule has 0 aliphatic carbocycles. The highest BCUT2D eigenvalue weighted by molar-refractivity contribution is 9.10.